The fraction of sp³-hybridized carbons (Fsp3) is 0.478. The van der Waals surface area contributed by atoms with Crippen molar-refractivity contribution in [1.82, 2.24) is 15.2 Å². The zero-order valence-corrected chi connectivity index (χ0v) is 17.5. The first-order valence-corrected chi connectivity index (χ1v) is 10.4. The van der Waals surface area contributed by atoms with Crippen LogP contribution in [0, 0.1) is 17.6 Å². The molecule has 1 aliphatic rings. The SMILES string of the molecule is CC(C)CC(=O)NCc1ccc(OC2CCN(Cc3ccc(F)cc3F)CC2)nc1. The number of hydrogen-bond acceptors (Lipinski definition) is 4. The highest BCUT2D eigenvalue weighted by Crippen LogP contribution is 2.20. The number of nitrogens with one attached hydrogen (secondary N) is 1. The predicted molar refractivity (Wildman–Crippen MR) is 111 cm³/mol. The molecule has 0 unspecified atom stereocenters. The molecule has 1 amide bonds. The average molecular weight is 418 g/mol. The van der Waals surface area contributed by atoms with E-state index in [1.54, 1.807) is 6.20 Å². The number of ether oxygens (including phenoxy) is 1. The molecule has 7 heteroatoms. The Balaban J connectivity index is 1.42. The molecule has 0 saturated carbocycles. The van der Waals surface area contributed by atoms with Crippen LogP contribution in [0.4, 0.5) is 8.78 Å². The maximum Gasteiger partial charge on any atom is 0.220 e. The second-order valence-electron chi connectivity index (χ2n) is 8.21. The van der Waals surface area contributed by atoms with Gasteiger partial charge in [0.1, 0.15) is 17.7 Å². The Morgan fingerprint density at radius 1 is 1.23 bits per heavy atom. The Morgan fingerprint density at radius 2 is 2.00 bits per heavy atom. The molecule has 1 saturated heterocycles. The van der Waals surface area contributed by atoms with Crippen molar-refractivity contribution in [3.63, 3.8) is 0 Å². The van der Waals surface area contributed by atoms with Crippen LogP contribution in [-0.4, -0.2) is 35.0 Å². The number of halogens is 2. The molecule has 1 aromatic carbocycles. The summed E-state index contributed by atoms with van der Waals surface area (Å²) < 4.78 is 32.9. The number of pyridine rings is 1. The largest absolute Gasteiger partial charge is 0.474 e. The number of aromatic nitrogens is 1. The van der Waals surface area contributed by atoms with E-state index in [1.807, 2.05) is 26.0 Å². The Labute approximate surface area is 176 Å². The zero-order valence-electron chi connectivity index (χ0n) is 17.5. The summed E-state index contributed by atoms with van der Waals surface area (Å²) in [4.78, 5) is 18.2. The van der Waals surface area contributed by atoms with E-state index >= 15 is 0 Å². The third-order valence-corrected chi connectivity index (χ3v) is 5.11. The van der Waals surface area contributed by atoms with Gasteiger partial charge in [-0.25, -0.2) is 13.8 Å². The van der Waals surface area contributed by atoms with Crippen LogP contribution in [0.15, 0.2) is 36.5 Å². The van der Waals surface area contributed by atoms with E-state index in [1.165, 1.54) is 12.1 Å². The highest BCUT2D eigenvalue weighted by molar-refractivity contribution is 5.76. The van der Waals surface area contributed by atoms with Gasteiger partial charge >= 0.3 is 0 Å². The van der Waals surface area contributed by atoms with Crippen LogP contribution in [0.2, 0.25) is 0 Å². The molecule has 2 aromatic rings. The lowest BCUT2D eigenvalue weighted by molar-refractivity contribution is -0.121. The van der Waals surface area contributed by atoms with Crippen LogP contribution in [-0.2, 0) is 17.9 Å². The smallest absolute Gasteiger partial charge is 0.220 e. The number of piperidine rings is 1. The van der Waals surface area contributed by atoms with Crippen LogP contribution >= 0.6 is 0 Å². The summed E-state index contributed by atoms with van der Waals surface area (Å²) in [6.45, 7) is 6.51. The highest BCUT2D eigenvalue weighted by Gasteiger charge is 2.22. The number of nitrogens with zero attached hydrogens (tertiary/aromatic N) is 2. The number of rotatable bonds is 8. The van der Waals surface area contributed by atoms with Gasteiger partial charge in [0, 0.05) is 56.5 Å². The molecule has 0 bridgehead atoms. The summed E-state index contributed by atoms with van der Waals surface area (Å²) in [5.41, 5.74) is 1.43. The van der Waals surface area contributed by atoms with Crippen molar-refractivity contribution in [2.45, 2.75) is 52.3 Å². The van der Waals surface area contributed by atoms with E-state index in [9.17, 15) is 13.6 Å². The molecule has 0 aliphatic carbocycles. The van der Waals surface area contributed by atoms with Crippen LogP contribution in [0.3, 0.4) is 0 Å². The van der Waals surface area contributed by atoms with Gasteiger partial charge in [-0.3, -0.25) is 9.69 Å². The van der Waals surface area contributed by atoms with Gasteiger partial charge in [-0.05, 0) is 30.4 Å². The van der Waals surface area contributed by atoms with E-state index in [2.05, 4.69) is 15.2 Å². The van der Waals surface area contributed by atoms with Crippen molar-refractivity contribution in [3.8, 4) is 5.88 Å². The van der Waals surface area contributed by atoms with Crippen LogP contribution in [0.25, 0.3) is 0 Å². The van der Waals surface area contributed by atoms with E-state index in [0.29, 0.717) is 36.9 Å². The minimum Gasteiger partial charge on any atom is -0.474 e. The summed E-state index contributed by atoms with van der Waals surface area (Å²) in [5.74, 6) is -0.120. The maximum absolute atomic E-state index is 13.8. The van der Waals surface area contributed by atoms with Gasteiger partial charge in [0.25, 0.3) is 0 Å². The van der Waals surface area contributed by atoms with Gasteiger partial charge in [-0.1, -0.05) is 26.0 Å². The van der Waals surface area contributed by atoms with Gasteiger partial charge in [-0.15, -0.1) is 0 Å². The molecule has 1 aromatic heterocycles. The molecule has 1 fully saturated rings. The number of likely N-dealkylation sites (tertiary alicyclic amines) is 1. The van der Waals surface area contributed by atoms with Crippen molar-refractivity contribution in [1.29, 1.82) is 0 Å². The standard InChI is InChI=1S/C23H29F2N3O2/c1-16(2)11-22(29)26-13-17-3-6-23(27-14-17)30-20-7-9-28(10-8-20)15-18-4-5-19(24)12-21(18)25/h3-6,12,14,16,20H,7-11,13,15H2,1-2H3,(H,26,29). The fourth-order valence-corrected chi connectivity index (χ4v) is 3.48. The quantitative estimate of drug-likeness (QED) is 0.704. The maximum atomic E-state index is 13.8. The lowest BCUT2D eigenvalue weighted by Gasteiger charge is -2.32. The number of hydrogen-bond donors (Lipinski definition) is 1. The third kappa shape index (κ3) is 6.76. The minimum atomic E-state index is -0.556. The Morgan fingerprint density at radius 3 is 2.63 bits per heavy atom. The van der Waals surface area contributed by atoms with E-state index < -0.39 is 11.6 Å². The lowest BCUT2D eigenvalue weighted by atomic mass is 10.1. The molecule has 2 heterocycles. The average Bonchev–Trinajstić information content (AvgIpc) is 2.70. The van der Waals surface area contributed by atoms with Crippen LogP contribution < -0.4 is 10.1 Å². The summed E-state index contributed by atoms with van der Waals surface area (Å²) >= 11 is 0. The van der Waals surface area contributed by atoms with Crippen LogP contribution in [0.5, 0.6) is 5.88 Å². The summed E-state index contributed by atoms with van der Waals surface area (Å²) in [6, 6.07) is 7.45. The highest BCUT2D eigenvalue weighted by atomic mass is 19.1. The van der Waals surface area contributed by atoms with Crippen molar-refractivity contribution in [2.75, 3.05) is 13.1 Å². The van der Waals surface area contributed by atoms with Gasteiger partial charge in [-0.2, -0.15) is 0 Å². The van der Waals surface area contributed by atoms with Crippen molar-refractivity contribution >= 4 is 5.91 Å². The summed E-state index contributed by atoms with van der Waals surface area (Å²) in [6.07, 6.45) is 3.93. The number of carbonyl (C=O) groups excluding carboxylic acids is 1. The first-order chi connectivity index (χ1) is 14.4. The normalized spacial score (nSPS) is 15.4. The molecule has 30 heavy (non-hydrogen) atoms. The monoisotopic (exact) mass is 417 g/mol. The lowest BCUT2D eigenvalue weighted by Crippen LogP contribution is -2.38. The number of amides is 1. The Bertz CT molecular complexity index is 835. The van der Waals surface area contributed by atoms with E-state index in [0.717, 1.165) is 37.6 Å². The van der Waals surface area contributed by atoms with Crippen molar-refractivity contribution in [3.05, 3.63) is 59.3 Å². The zero-order chi connectivity index (χ0) is 21.5. The second kappa shape index (κ2) is 10.5. The van der Waals surface area contributed by atoms with Crippen molar-refractivity contribution in [2.24, 2.45) is 5.92 Å². The molecule has 3 rings (SSSR count). The minimum absolute atomic E-state index is 0.0394. The molecule has 1 aliphatic heterocycles. The Hall–Kier alpha value is -2.54. The first-order valence-electron chi connectivity index (χ1n) is 10.4. The van der Waals surface area contributed by atoms with Crippen LogP contribution in [0.1, 0.15) is 44.2 Å². The second-order valence-corrected chi connectivity index (χ2v) is 8.21. The van der Waals surface area contributed by atoms with Gasteiger partial charge in [0.05, 0.1) is 0 Å². The molecule has 0 spiro atoms. The molecule has 162 valence electrons. The molecule has 1 N–H and O–H groups in total. The first kappa shape index (κ1) is 22.2. The molecular weight excluding hydrogens is 388 g/mol. The Kier molecular flexibility index (Phi) is 7.74. The van der Waals surface area contributed by atoms with Gasteiger partial charge in [0.15, 0.2) is 0 Å². The number of benzene rings is 1. The van der Waals surface area contributed by atoms with Gasteiger partial charge in [0.2, 0.25) is 11.8 Å². The molecule has 0 atom stereocenters. The topological polar surface area (TPSA) is 54.5 Å². The van der Waals surface area contributed by atoms with Crippen molar-refractivity contribution < 1.29 is 18.3 Å². The fourth-order valence-electron chi connectivity index (χ4n) is 3.48. The van der Waals surface area contributed by atoms with E-state index in [4.69, 9.17) is 4.74 Å². The molecule has 5 nitrogen and oxygen atoms in total. The molecular formula is C23H29F2N3O2. The molecule has 0 radical (unpaired) electrons. The summed E-state index contributed by atoms with van der Waals surface area (Å²) in [5, 5.41) is 2.89. The third-order valence-electron chi connectivity index (χ3n) is 5.11. The van der Waals surface area contributed by atoms with E-state index in [-0.39, 0.29) is 12.0 Å². The summed E-state index contributed by atoms with van der Waals surface area (Å²) in [7, 11) is 0. The predicted octanol–water partition coefficient (Wildman–Crippen LogP) is 4.07. The van der Waals surface area contributed by atoms with Gasteiger partial charge < -0.3 is 10.1 Å². The number of carbonyl (C=O) groups is 1.